The number of rotatable bonds is 4. The van der Waals surface area contributed by atoms with E-state index in [9.17, 15) is 9.18 Å². The molecule has 5 heteroatoms. The van der Waals surface area contributed by atoms with Crippen LogP contribution in [0.25, 0.3) is 6.08 Å². The third-order valence-electron chi connectivity index (χ3n) is 5.59. The molecular weight excluding hydrogens is 367 g/mol. The average molecular weight is 394 g/mol. The molecule has 2 heterocycles. The van der Waals surface area contributed by atoms with Crippen molar-refractivity contribution in [3.63, 3.8) is 0 Å². The van der Waals surface area contributed by atoms with E-state index in [4.69, 9.17) is 4.74 Å². The Bertz CT molecular complexity index is 930. The predicted octanol–water partition coefficient (Wildman–Crippen LogP) is 4.97. The topological polar surface area (TPSA) is 41.6 Å². The summed E-state index contributed by atoms with van der Waals surface area (Å²) in [5, 5.41) is 2.77. The molecule has 1 saturated heterocycles. The monoisotopic (exact) mass is 394 g/mol. The van der Waals surface area contributed by atoms with Crippen molar-refractivity contribution in [1.82, 2.24) is 4.90 Å². The summed E-state index contributed by atoms with van der Waals surface area (Å²) in [7, 11) is 0. The highest BCUT2D eigenvalue weighted by molar-refractivity contribution is 6.04. The maximum Gasteiger partial charge on any atom is 0.258 e. The predicted molar refractivity (Wildman–Crippen MR) is 114 cm³/mol. The van der Waals surface area contributed by atoms with Gasteiger partial charge in [0, 0.05) is 43.7 Å². The van der Waals surface area contributed by atoms with Gasteiger partial charge in [0.2, 0.25) is 0 Å². The number of nitrogens with zero attached hydrogens (tertiary/aromatic N) is 1. The van der Waals surface area contributed by atoms with Crippen molar-refractivity contribution in [1.29, 1.82) is 0 Å². The number of nitrogens with one attached hydrogen (secondary N) is 1. The fraction of sp³-hybridized carbons (Fsp3) is 0.375. The number of piperidine rings is 1. The van der Waals surface area contributed by atoms with E-state index in [0.717, 1.165) is 43.8 Å². The van der Waals surface area contributed by atoms with Crippen LogP contribution in [0.3, 0.4) is 0 Å². The second kappa shape index (κ2) is 7.99. The van der Waals surface area contributed by atoms with Gasteiger partial charge in [0.1, 0.15) is 17.2 Å². The Morgan fingerprint density at radius 1 is 1.21 bits per heavy atom. The highest BCUT2D eigenvalue weighted by Crippen LogP contribution is 2.38. The van der Waals surface area contributed by atoms with Crippen LogP contribution in [0.2, 0.25) is 0 Å². The molecule has 2 aromatic rings. The standard InChI is InChI=1S/C24H27FN2O2/c1-17(2)16-27-13-11-24(12-14-27)10-9-18-15-19(7-8-22(18)29-24)26-23(28)20-5-3-4-6-21(20)25/h3-10,15,17H,11-14,16H2,1-2H3,(H,26,28). The molecular formula is C24H27FN2O2. The van der Waals surface area contributed by atoms with Crippen LogP contribution in [0.5, 0.6) is 5.75 Å². The van der Waals surface area contributed by atoms with Gasteiger partial charge in [0.05, 0.1) is 5.56 Å². The number of amides is 1. The van der Waals surface area contributed by atoms with Crippen molar-refractivity contribution in [2.45, 2.75) is 32.3 Å². The van der Waals surface area contributed by atoms with Crippen molar-refractivity contribution >= 4 is 17.7 Å². The van der Waals surface area contributed by atoms with Crippen LogP contribution in [0.1, 0.15) is 42.6 Å². The van der Waals surface area contributed by atoms with Gasteiger partial charge >= 0.3 is 0 Å². The molecule has 29 heavy (non-hydrogen) atoms. The fourth-order valence-electron chi connectivity index (χ4n) is 4.09. The van der Waals surface area contributed by atoms with E-state index in [2.05, 4.69) is 36.2 Å². The van der Waals surface area contributed by atoms with Crippen LogP contribution in [0.15, 0.2) is 48.5 Å². The number of benzene rings is 2. The van der Waals surface area contributed by atoms with Gasteiger partial charge in [-0.3, -0.25) is 4.79 Å². The molecule has 1 amide bonds. The summed E-state index contributed by atoms with van der Waals surface area (Å²) in [5.41, 5.74) is 1.34. The number of hydrogen-bond acceptors (Lipinski definition) is 3. The number of halogens is 1. The molecule has 0 atom stereocenters. The summed E-state index contributed by atoms with van der Waals surface area (Å²) in [5.74, 6) is 0.508. The molecule has 0 aromatic heterocycles. The number of anilines is 1. The second-order valence-corrected chi connectivity index (χ2v) is 8.38. The Hall–Kier alpha value is -2.66. The van der Waals surface area contributed by atoms with E-state index >= 15 is 0 Å². The molecule has 2 aliphatic rings. The lowest BCUT2D eigenvalue weighted by Crippen LogP contribution is -2.48. The maximum atomic E-state index is 13.8. The first-order chi connectivity index (χ1) is 13.9. The highest BCUT2D eigenvalue weighted by atomic mass is 19.1. The van der Waals surface area contributed by atoms with Gasteiger partial charge in [0.25, 0.3) is 5.91 Å². The van der Waals surface area contributed by atoms with Crippen LogP contribution < -0.4 is 10.1 Å². The molecule has 0 saturated carbocycles. The van der Waals surface area contributed by atoms with Crippen molar-refractivity contribution in [3.05, 3.63) is 65.5 Å². The van der Waals surface area contributed by atoms with Crippen molar-refractivity contribution in [2.24, 2.45) is 5.92 Å². The van der Waals surface area contributed by atoms with E-state index in [-0.39, 0.29) is 11.2 Å². The molecule has 152 valence electrons. The number of carbonyl (C=O) groups excluding carboxylic acids is 1. The summed E-state index contributed by atoms with van der Waals surface area (Å²) in [6.07, 6.45) is 6.18. The summed E-state index contributed by atoms with van der Waals surface area (Å²) < 4.78 is 20.2. The molecule has 1 N–H and O–H groups in total. The molecule has 1 fully saturated rings. The maximum absolute atomic E-state index is 13.8. The number of fused-ring (bicyclic) bond motifs is 1. The summed E-state index contributed by atoms with van der Waals surface area (Å²) in [6, 6.07) is 11.5. The van der Waals surface area contributed by atoms with Gasteiger partial charge in [-0.1, -0.05) is 32.1 Å². The lowest BCUT2D eigenvalue weighted by molar-refractivity contribution is 0.0351. The van der Waals surface area contributed by atoms with Crippen LogP contribution in [0, 0.1) is 11.7 Å². The normalized spacial score (nSPS) is 17.8. The first kappa shape index (κ1) is 19.6. The molecule has 0 aliphatic carbocycles. The minimum Gasteiger partial charge on any atom is -0.482 e. The van der Waals surface area contributed by atoms with Gasteiger partial charge in [-0.25, -0.2) is 4.39 Å². The van der Waals surface area contributed by atoms with Gasteiger partial charge in [0.15, 0.2) is 0 Å². The quantitative estimate of drug-likeness (QED) is 0.796. The summed E-state index contributed by atoms with van der Waals surface area (Å²) in [4.78, 5) is 14.9. The summed E-state index contributed by atoms with van der Waals surface area (Å²) >= 11 is 0. The number of ether oxygens (including phenoxy) is 1. The van der Waals surface area contributed by atoms with E-state index < -0.39 is 11.7 Å². The zero-order valence-electron chi connectivity index (χ0n) is 17.0. The molecule has 0 unspecified atom stereocenters. The van der Waals surface area contributed by atoms with E-state index in [1.54, 1.807) is 18.2 Å². The molecule has 1 spiro atoms. The molecule has 0 bridgehead atoms. The first-order valence-corrected chi connectivity index (χ1v) is 10.2. The highest BCUT2D eigenvalue weighted by Gasteiger charge is 2.36. The van der Waals surface area contributed by atoms with Crippen LogP contribution >= 0.6 is 0 Å². The van der Waals surface area contributed by atoms with Crippen molar-refractivity contribution in [3.8, 4) is 5.75 Å². The number of likely N-dealkylation sites (tertiary alicyclic amines) is 1. The Kier molecular flexibility index (Phi) is 5.41. The van der Waals surface area contributed by atoms with Crippen molar-refractivity contribution < 1.29 is 13.9 Å². The smallest absolute Gasteiger partial charge is 0.258 e. The minimum atomic E-state index is -0.531. The lowest BCUT2D eigenvalue weighted by atomic mass is 9.87. The average Bonchev–Trinajstić information content (AvgIpc) is 2.70. The van der Waals surface area contributed by atoms with Gasteiger partial charge in [-0.2, -0.15) is 0 Å². The second-order valence-electron chi connectivity index (χ2n) is 8.38. The minimum absolute atomic E-state index is 0.0316. The van der Waals surface area contributed by atoms with Gasteiger partial charge in [-0.15, -0.1) is 0 Å². The van der Waals surface area contributed by atoms with Gasteiger partial charge < -0.3 is 15.0 Å². The van der Waals surface area contributed by atoms with Gasteiger partial charge in [-0.05, 0) is 42.3 Å². The van der Waals surface area contributed by atoms with Crippen molar-refractivity contribution in [2.75, 3.05) is 25.0 Å². The van der Waals surface area contributed by atoms with Crippen LogP contribution in [0.4, 0.5) is 10.1 Å². The Morgan fingerprint density at radius 2 is 1.97 bits per heavy atom. The number of hydrogen-bond donors (Lipinski definition) is 1. The Morgan fingerprint density at radius 3 is 2.69 bits per heavy atom. The SMILES string of the molecule is CC(C)CN1CCC2(C=Cc3cc(NC(=O)c4ccccc4F)ccc3O2)CC1. The fourth-order valence-corrected chi connectivity index (χ4v) is 4.09. The lowest BCUT2D eigenvalue weighted by Gasteiger charge is -2.42. The van der Waals surface area contributed by atoms with Crippen LogP contribution in [-0.4, -0.2) is 36.0 Å². The van der Waals surface area contributed by atoms with Crippen LogP contribution in [-0.2, 0) is 0 Å². The molecule has 4 rings (SSSR count). The van der Waals surface area contributed by atoms with E-state index in [1.807, 2.05) is 12.1 Å². The molecule has 2 aromatic carbocycles. The zero-order valence-corrected chi connectivity index (χ0v) is 17.0. The Labute approximate surface area is 171 Å². The zero-order chi connectivity index (χ0) is 20.4. The first-order valence-electron chi connectivity index (χ1n) is 10.2. The largest absolute Gasteiger partial charge is 0.482 e. The molecule has 4 nitrogen and oxygen atoms in total. The summed E-state index contributed by atoms with van der Waals surface area (Å²) in [6.45, 7) is 7.70. The third-order valence-corrected chi connectivity index (χ3v) is 5.59. The molecule has 2 aliphatic heterocycles. The Balaban J connectivity index is 1.44. The van der Waals surface area contributed by atoms with E-state index in [0.29, 0.717) is 11.6 Å². The third kappa shape index (κ3) is 4.35. The number of carbonyl (C=O) groups is 1. The molecule has 0 radical (unpaired) electrons. The van der Waals surface area contributed by atoms with E-state index in [1.165, 1.54) is 12.1 Å².